The molecule has 2 aromatic carbocycles. The average molecular weight is 374 g/mol. The van der Waals surface area contributed by atoms with Crippen LogP contribution in [-0.2, 0) is 4.79 Å². The van der Waals surface area contributed by atoms with Gasteiger partial charge in [0.1, 0.15) is 5.82 Å². The predicted octanol–water partition coefficient (Wildman–Crippen LogP) is 5.08. The van der Waals surface area contributed by atoms with Crippen LogP contribution in [0.25, 0.3) is 0 Å². The monoisotopic (exact) mass is 374 g/mol. The minimum absolute atomic E-state index is 0.0436. The fourth-order valence-corrected chi connectivity index (χ4v) is 4.45. The summed E-state index contributed by atoms with van der Waals surface area (Å²) in [5.74, 6) is -0.186. The van der Waals surface area contributed by atoms with Gasteiger partial charge in [0, 0.05) is 29.2 Å². The summed E-state index contributed by atoms with van der Waals surface area (Å²) in [5, 5.41) is 7.34. The molecule has 5 rings (SSSR count). The van der Waals surface area contributed by atoms with Gasteiger partial charge in [-0.05, 0) is 30.9 Å². The molecular weight excluding hydrogens is 355 g/mol. The number of benzene rings is 2. The Balaban J connectivity index is 1.66. The van der Waals surface area contributed by atoms with Gasteiger partial charge < -0.3 is 9.84 Å². The maximum absolute atomic E-state index is 14.7. The highest BCUT2D eigenvalue weighted by molar-refractivity contribution is 6.01. The number of halogens is 1. The first-order valence-electron chi connectivity index (χ1n) is 9.42. The van der Waals surface area contributed by atoms with Crippen molar-refractivity contribution in [2.75, 3.05) is 5.32 Å². The van der Waals surface area contributed by atoms with E-state index in [1.165, 1.54) is 6.07 Å². The molecule has 5 heteroatoms. The van der Waals surface area contributed by atoms with Gasteiger partial charge in [-0.15, -0.1) is 0 Å². The van der Waals surface area contributed by atoms with Crippen LogP contribution in [0.3, 0.4) is 0 Å². The van der Waals surface area contributed by atoms with Gasteiger partial charge in [0.25, 0.3) is 0 Å². The zero-order valence-electron chi connectivity index (χ0n) is 15.4. The van der Waals surface area contributed by atoms with Crippen LogP contribution in [0.4, 0.5) is 10.3 Å². The van der Waals surface area contributed by atoms with Crippen molar-refractivity contribution in [2.24, 2.45) is 0 Å². The summed E-state index contributed by atoms with van der Waals surface area (Å²) in [5.41, 5.74) is 4.47. The summed E-state index contributed by atoms with van der Waals surface area (Å²) in [6.07, 6.45) is 1.09. The van der Waals surface area contributed by atoms with Crippen molar-refractivity contribution in [1.29, 1.82) is 0 Å². The Morgan fingerprint density at radius 2 is 1.82 bits per heavy atom. The lowest BCUT2D eigenvalue weighted by Gasteiger charge is -2.34. The lowest BCUT2D eigenvalue weighted by molar-refractivity contribution is -0.116. The smallest absolute Gasteiger partial charge is 0.233 e. The van der Waals surface area contributed by atoms with E-state index in [9.17, 15) is 9.18 Å². The highest BCUT2D eigenvalue weighted by Crippen LogP contribution is 2.49. The number of aryl methyl sites for hydroxylation is 1. The average Bonchev–Trinajstić information content (AvgIpc) is 3.08. The van der Waals surface area contributed by atoms with Crippen LogP contribution in [0.15, 0.2) is 70.4 Å². The first-order chi connectivity index (χ1) is 13.6. The quantitative estimate of drug-likeness (QED) is 0.680. The molecule has 0 saturated carbocycles. The number of allylic oxidation sites excluding steroid dienone is 2. The summed E-state index contributed by atoms with van der Waals surface area (Å²) < 4.78 is 20.2. The molecule has 140 valence electrons. The van der Waals surface area contributed by atoms with Crippen LogP contribution >= 0.6 is 0 Å². The molecule has 2 atom stereocenters. The SMILES string of the molecule is Cc1noc2c1[C@H](c1ccccc1F)C1=C(C[C@H](c3ccccc3)CC1=O)N2. The Labute approximate surface area is 162 Å². The van der Waals surface area contributed by atoms with E-state index in [1.54, 1.807) is 18.2 Å². The Bertz CT molecular complexity index is 1100. The van der Waals surface area contributed by atoms with Crippen molar-refractivity contribution < 1.29 is 13.7 Å². The first-order valence-corrected chi connectivity index (χ1v) is 9.42. The number of hydrogen-bond donors (Lipinski definition) is 1. The number of nitrogens with one attached hydrogen (secondary N) is 1. The topological polar surface area (TPSA) is 55.1 Å². The van der Waals surface area contributed by atoms with Gasteiger partial charge in [0.2, 0.25) is 5.88 Å². The number of Topliss-reactive ketones (excluding diaryl/α,β-unsaturated/α-hetero) is 1. The Morgan fingerprint density at radius 3 is 2.61 bits per heavy atom. The first kappa shape index (κ1) is 16.9. The summed E-state index contributed by atoms with van der Waals surface area (Å²) in [7, 11) is 0. The van der Waals surface area contributed by atoms with Crippen molar-refractivity contribution in [1.82, 2.24) is 5.16 Å². The van der Waals surface area contributed by atoms with Crippen molar-refractivity contribution in [3.8, 4) is 0 Å². The number of hydrogen-bond acceptors (Lipinski definition) is 4. The van der Waals surface area contributed by atoms with E-state index in [0.717, 1.165) is 16.8 Å². The number of nitrogens with zero attached hydrogens (tertiary/aromatic N) is 1. The molecule has 0 saturated heterocycles. The fourth-order valence-electron chi connectivity index (χ4n) is 4.45. The molecule has 0 spiro atoms. The Kier molecular flexibility index (Phi) is 3.90. The molecule has 1 N–H and O–H groups in total. The van der Waals surface area contributed by atoms with Gasteiger partial charge in [0.05, 0.1) is 11.3 Å². The molecule has 1 aliphatic carbocycles. The number of carbonyl (C=O) groups is 1. The molecule has 0 unspecified atom stereocenters. The third-order valence-electron chi connectivity index (χ3n) is 5.75. The van der Waals surface area contributed by atoms with Gasteiger partial charge >= 0.3 is 0 Å². The number of rotatable bonds is 2. The van der Waals surface area contributed by atoms with Crippen LogP contribution in [0.5, 0.6) is 0 Å². The van der Waals surface area contributed by atoms with E-state index in [-0.39, 0.29) is 17.5 Å². The number of anilines is 1. The third-order valence-corrected chi connectivity index (χ3v) is 5.75. The number of fused-ring (bicyclic) bond motifs is 1. The second-order valence-electron chi connectivity index (χ2n) is 7.42. The molecular formula is C23H19FN2O2. The number of carbonyl (C=O) groups excluding carboxylic acids is 1. The minimum atomic E-state index is -0.497. The van der Waals surface area contributed by atoms with E-state index in [1.807, 2.05) is 37.3 Å². The standard InChI is InChI=1S/C23H19FN2O2/c1-13-20-21(16-9-5-6-10-17(16)24)22-18(25-23(20)28-26-13)11-15(12-19(22)27)14-7-3-2-4-8-14/h2-10,15,21,25H,11-12H2,1H3/t15-,21-/m0/s1. The summed E-state index contributed by atoms with van der Waals surface area (Å²) >= 11 is 0. The highest BCUT2D eigenvalue weighted by Gasteiger charge is 2.41. The molecule has 0 amide bonds. The van der Waals surface area contributed by atoms with E-state index < -0.39 is 5.92 Å². The van der Waals surface area contributed by atoms with Crippen molar-refractivity contribution >= 4 is 11.7 Å². The van der Waals surface area contributed by atoms with Crippen LogP contribution in [0, 0.1) is 12.7 Å². The molecule has 2 heterocycles. The lowest BCUT2D eigenvalue weighted by Crippen LogP contribution is -2.30. The lowest BCUT2D eigenvalue weighted by atomic mass is 9.72. The number of aromatic nitrogens is 1. The van der Waals surface area contributed by atoms with Gasteiger partial charge in [-0.2, -0.15) is 0 Å². The molecule has 0 radical (unpaired) electrons. The fraction of sp³-hybridized carbons (Fsp3) is 0.217. The van der Waals surface area contributed by atoms with Crippen molar-refractivity contribution in [3.63, 3.8) is 0 Å². The third kappa shape index (κ3) is 2.58. The van der Waals surface area contributed by atoms with Crippen LogP contribution in [0.1, 0.15) is 47.1 Å². The summed E-state index contributed by atoms with van der Waals surface area (Å²) in [6, 6.07) is 16.7. The van der Waals surface area contributed by atoms with Gasteiger partial charge in [0.15, 0.2) is 5.78 Å². The number of ketones is 1. The van der Waals surface area contributed by atoms with Crippen molar-refractivity contribution in [2.45, 2.75) is 31.6 Å². The summed E-state index contributed by atoms with van der Waals surface area (Å²) in [6.45, 7) is 1.82. The second-order valence-corrected chi connectivity index (χ2v) is 7.42. The van der Waals surface area contributed by atoms with Crippen LogP contribution < -0.4 is 5.32 Å². The van der Waals surface area contributed by atoms with Gasteiger partial charge in [-0.1, -0.05) is 53.7 Å². The molecule has 0 fully saturated rings. The zero-order chi connectivity index (χ0) is 19.3. The second kappa shape index (κ2) is 6.44. The van der Waals surface area contributed by atoms with E-state index >= 15 is 0 Å². The minimum Gasteiger partial charge on any atom is -0.338 e. The predicted molar refractivity (Wildman–Crippen MR) is 104 cm³/mol. The van der Waals surface area contributed by atoms with Crippen LogP contribution in [0.2, 0.25) is 0 Å². The Morgan fingerprint density at radius 1 is 1.07 bits per heavy atom. The molecule has 2 aliphatic rings. The van der Waals surface area contributed by atoms with Gasteiger partial charge in [-0.25, -0.2) is 4.39 Å². The zero-order valence-corrected chi connectivity index (χ0v) is 15.4. The maximum atomic E-state index is 14.7. The van der Waals surface area contributed by atoms with E-state index in [0.29, 0.717) is 35.6 Å². The normalized spacial score (nSPS) is 21.1. The van der Waals surface area contributed by atoms with E-state index in [4.69, 9.17) is 4.52 Å². The van der Waals surface area contributed by atoms with Crippen LogP contribution in [-0.4, -0.2) is 10.9 Å². The molecule has 28 heavy (non-hydrogen) atoms. The van der Waals surface area contributed by atoms with Crippen molar-refractivity contribution in [3.05, 3.63) is 94.1 Å². The van der Waals surface area contributed by atoms with Gasteiger partial charge in [-0.3, -0.25) is 4.79 Å². The summed E-state index contributed by atoms with van der Waals surface area (Å²) in [4.78, 5) is 13.3. The molecule has 4 nitrogen and oxygen atoms in total. The Hall–Kier alpha value is -3.21. The van der Waals surface area contributed by atoms with E-state index in [2.05, 4.69) is 10.5 Å². The highest BCUT2D eigenvalue weighted by atomic mass is 19.1. The maximum Gasteiger partial charge on any atom is 0.233 e. The molecule has 0 bridgehead atoms. The molecule has 3 aromatic rings. The molecule has 1 aromatic heterocycles. The molecule has 1 aliphatic heterocycles. The largest absolute Gasteiger partial charge is 0.338 e.